The fourth-order valence-electron chi connectivity index (χ4n) is 1.59. The largest absolute Gasteiger partial charge is 0.461 e. The predicted molar refractivity (Wildman–Crippen MR) is 64.4 cm³/mol. The fraction of sp³-hybridized carbons (Fsp3) is 0.273. The van der Waals surface area contributed by atoms with E-state index in [0.717, 1.165) is 15.5 Å². The first-order valence-corrected chi connectivity index (χ1v) is 5.71. The minimum Gasteiger partial charge on any atom is -0.461 e. The molecule has 2 aromatic rings. The number of nitrogens with zero attached hydrogens (tertiary/aromatic N) is 2. The second-order valence-electron chi connectivity index (χ2n) is 3.38. The van der Waals surface area contributed by atoms with Crippen LogP contribution >= 0.6 is 15.9 Å². The molecule has 2 rings (SSSR count). The highest BCUT2D eigenvalue weighted by Gasteiger charge is 2.14. The van der Waals surface area contributed by atoms with Crippen molar-refractivity contribution in [3.8, 4) is 0 Å². The number of fused-ring (bicyclic) bond motifs is 1. The lowest BCUT2D eigenvalue weighted by molar-refractivity contribution is 0.0516. The number of hydrogen-bond donors (Lipinski definition) is 0. The summed E-state index contributed by atoms with van der Waals surface area (Å²) in [5.41, 5.74) is 1.29. The number of carbonyl (C=O) groups is 1. The first kappa shape index (κ1) is 11.1. The molecule has 0 aliphatic carbocycles. The van der Waals surface area contributed by atoms with E-state index < -0.39 is 0 Å². The van der Waals surface area contributed by atoms with E-state index in [1.807, 2.05) is 6.07 Å². The van der Waals surface area contributed by atoms with Crippen molar-refractivity contribution < 1.29 is 9.53 Å². The van der Waals surface area contributed by atoms with Crippen LogP contribution in [0.25, 0.3) is 11.0 Å². The van der Waals surface area contributed by atoms with Crippen molar-refractivity contribution >= 4 is 32.9 Å². The summed E-state index contributed by atoms with van der Waals surface area (Å²) in [7, 11) is 1.80. The minimum absolute atomic E-state index is 0.320. The molecule has 4 nitrogen and oxygen atoms in total. The molecule has 0 bridgehead atoms. The van der Waals surface area contributed by atoms with Crippen molar-refractivity contribution in [2.75, 3.05) is 6.61 Å². The molecule has 0 aliphatic heterocycles. The van der Waals surface area contributed by atoms with Crippen molar-refractivity contribution in [3.05, 3.63) is 28.5 Å². The smallest absolute Gasteiger partial charge is 0.355 e. The molecule has 0 aromatic carbocycles. The molecule has 5 heteroatoms. The van der Waals surface area contributed by atoms with E-state index >= 15 is 0 Å². The summed E-state index contributed by atoms with van der Waals surface area (Å²) in [6, 6.07) is 3.70. The Morgan fingerprint density at radius 1 is 1.56 bits per heavy atom. The summed E-state index contributed by atoms with van der Waals surface area (Å²) < 4.78 is 7.59. The lowest BCUT2D eigenvalue weighted by atomic mass is 10.3. The predicted octanol–water partition coefficient (Wildman–Crippen LogP) is 2.51. The molecular weight excluding hydrogens is 272 g/mol. The summed E-state index contributed by atoms with van der Waals surface area (Å²) in [6.45, 7) is 2.16. The van der Waals surface area contributed by atoms with Crippen LogP contribution in [0.15, 0.2) is 22.8 Å². The highest BCUT2D eigenvalue weighted by molar-refractivity contribution is 9.10. The van der Waals surface area contributed by atoms with E-state index in [0.29, 0.717) is 12.3 Å². The van der Waals surface area contributed by atoms with Gasteiger partial charge in [0.1, 0.15) is 11.3 Å². The van der Waals surface area contributed by atoms with Gasteiger partial charge in [-0.15, -0.1) is 0 Å². The van der Waals surface area contributed by atoms with Gasteiger partial charge in [0.15, 0.2) is 0 Å². The SMILES string of the molecule is CCOC(=O)c1cc2cc(Br)cnc2n1C. The van der Waals surface area contributed by atoms with E-state index in [2.05, 4.69) is 20.9 Å². The molecule has 0 saturated heterocycles. The van der Waals surface area contributed by atoms with E-state index in [4.69, 9.17) is 4.74 Å². The quantitative estimate of drug-likeness (QED) is 0.795. The van der Waals surface area contributed by atoms with E-state index in [1.165, 1.54) is 0 Å². The van der Waals surface area contributed by atoms with Gasteiger partial charge >= 0.3 is 5.97 Å². The van der Waals surface area contributed by atoms with E-state index in [1.54, 1.807) is 30.8 Å². The van der Waals surface area contributed by atoms with Crippen LogP contribution in [-0.2, 0) is 11.8 Å². The third-order valence-corrected chi connectivity index (χ3v) is 2.75. The number of aryl methyl sites for hydroxylation is 1. The van der Waals surface area contributed by atoms with Gasteiger partial charge in [-0.3, -0.25) is 0 Å². The van der Waals surface area contributed by atoms with Gasteiger partial charge < -0.3 is 9.30 Å². The van der Waals surface area contributed by atoms with Gasteiger partial charge in [-0.2, -0.15) is 0 Å². The Labute approximate surface area is 101 Å². The molecule has 0 radical (unpaired) electrons. The van der Waals surface area contributed by atoms with Crippen LogP contribution in [0.5, 0.6) is 0 Å². The zero-order chi connectivity index (χ0) is 11.7. The van der Waals surface area contributed by atoms with Crippen LogP contribution in [-0.4, -0.2) is 22.1 Å². The van der Waals surface area contributed by atoms with Crippen LogP contribution in [0.1, 0.15) is 17.4 Å². The van der Waals surface area contributed by atoms with Crippen molar-refractivity contribution in [2.24, 2.45) is 7.05 Å². The minimum atomic E-state index is -0.320. The fourth-order valence-corrected chi connectivity index (χ4v) is 1.94. The number of carbonyl (C=O) groups excluding carboxylic acids is 1. The van der Waals surface area contributed by atoms with Gasteiger partial charge in [-0.05, 0) is 35.0 Å². The number of hydrogen-bond acceptors (Lipinski definition) is 3. The second-order valence-corrected chi connectivity index (χ2v) is 4.29. The summed E-state index contributed by atoms with van der Waals surface area (Å²) >= 11 is 3.35. The van der Waals surface area contributed by atoms with Gasteiger partial charge in [-0.25, -0.2) is 9.78 Å². The van der Waals surface area contributed by atoms with Crippen molar-refractivity contribution in [3.63, 3.8) is 0 Å². The lowest BCUT2D eigenvalue weighted by Crippen LogP contribution is -2.09. The first-order chi connectivity index (χ1) is 7.63. The third-order valence-electron chi connectivity index (χ3n) is 2.32. The number of aromatic nitrogens is 2. The van der Waals surface area contributed by atoms with Gasteiger partial charge in [-0.1, -0.05) is 0 Å². The molecule has 0 atom stereocenters. The summed E-state index contributed by atoms with van der Waals surface area (Å²) in [5.74, 6) is -0.320. The van der Waals surface area contributed by atoms with Crippen LogP contribution in [0.4, 0.5) is 0 Å². The van der Waals surface area contributed by atoms with Crippen molar-refractivity contribution in [1.82, 2.24) is 9.55 Å². The average molecular weight is 283 g/mol. The Morgan fingerprint density at radius 2 is 2.31 bits per heavy atom. The number of pyridine rings is 1. The summed E-state index contributed by atoms with van der Waals surface area (Å²) in [5, 5.41) is 0.917. The summed E-state index contributed by atoms with van der Waals surface area (Å²) in [6.07, 6.45) is 1.71. The average Bonchev–Trinajstić information content (AvgIpc) is 2.56. The molecule has 0 fully saturated rings. The van der Waals surface area contributed by atoms with Gasteiger partial charge in [0.25, 0.3) is 0 Å². The Bertz CT molecular complexity index is 548. The molecule has 0 N–H and O–H groups in total. The molecule has 0 amide bonds. The van der Waals surface area contributed by atoms with E-state index in [-0.39, 0.29) is 5.97 Å². The molecule has 84 valence electrons. The third kappa shape index (κ3) is 1.82. The van der Waals surface area contributed by atoms with Crippen LogP contribution in [0.3, 0.4) is 0 Å². The number of ether oxygens (including phenoxy) is 1. The highest BCUT2D eigenvalue weighted by Crippen LogP contribution is 2.20. The Balaban J connectivity index is 2.55. The Morgan fingerprint density at radius 3 is 3.00 bits per heavy atom. The van der Waals surface area contributed by atoms with Gasteiger partial charge in [0, 0.05) is 23.1 Å². The van der Waals surface area contributed by atoms with Gasteiger partial charge in [0.2, 0.25) is 0 Å². The normalized spacial score (nSPS) is 10.7. The monoisotopic (exact) mass is 282 g/mol. The van der Waals surface area contributed by atoms with Crippen LogP contribution in [0.2, 0.25) is 0 Å². The zero-order valence-electron chi connectivity index (χ0n) is 9.03. The maximum atomic E-state index is 11.6. The standard InChI is InChI=1S/C11H11BrN2O2/c1-3-16-11(15)9-5-7-4-8(12)6-13-10(7)14(9)2/h4-6H,3H2,1-2H3. The molecule has 0 aliphatic rings. The number of halogens is 1. The first-order valence-electron chi connectivity index (χ1n) is 4.91. The molecule has 0 spiro atoms. The highest BCUT2D eigenvalue weighted by atomic mass is 79.9. The molecule has 2 aromatic heterocycles. The maximum absolute atomic E-state index is 11.6. The van der Waals surface area contributed by atoms with E-state index in [9.17, 15) is 4.79 Å². The van der Waals surface area contributed by atoms with Crippen LogP contribution < -0.4 is 0 Å². The summed E-state index contributed by atoms with van der Waals surface area (Å²) in [4.78, 5) is 15.9. The second kappa shape index (κ2) is 4.25. The molecular formula is C11H11BrN2O2. The molecule has 0 saturated carbocycles. The topological polar surface area (TPSA) is 44.1 Å². The zero-order valence-corrected chi connectivity index (χ0v) is 10.6. The van der Waals surface area contributed by atoms with Crippen molar-refractivity contribution in [2.45, 2.75) is 6.92 Å². The number of rotatable bonds is 2. The maximum Gasteiger partial charge on any atom is 0.355 e. The van der Waals surface area contributed by atoms with Gasteiger partial charge in [0.05, 0.1) is 6.61 Å². The van der Waals surface area contributed by atoms with Crippen LogP contribution in [0, 0.1) is 0 Å². The Hall–Kier alpha value is -1.36. The Kier molecular flexibility index (Phi) is 2.96. The molecule has 16 heavy (non-hydrogen) atoms. The lowest BCUT2D eigenvalue weighted by Gasteiger charge is -2.02. The van der Waals surface area contributed by atoms with Crippen molar-refractivity contribution in [1.29, 1.82) is 0 Å². The molecule has 0 unspecified atom stereocenters. The number of esters is 1. The molecule has 2 heterocycles.